The van der Waals surface area contributed by atoms with E-state index in [0.717, 1.165) is 0 Å². The summed E-state index contributed by atoms with van der Waals surface area (Å²) in [5, 5.41) is 17.8. The largest absolute Gasteiger partial charge is 0.389 e. The molecule has 6 heteroatoms. The Labute approximate surface area is 64.8 Å². The summed E-state index contributed by atoms with van der Waals surface area (Å²) < 4.78 is 10.4. The lowest BCUT2D eigenvalue weighted by atomic mass is 10.1. The molecule has 0 aliphatic heterocycles. The van der Waals surface area contributed by atoms with Crippen LogP contribution < -0.4 is 0 Å². The van der Waals surface area contributed by atoms with E-state index in [1.165, 1.54) is 0 Å². The summed E-state index contributed by atoms with van der Waals surface area (Å²) in [6.07, 6.45) is -1.38. The highest BCUT2D eigenvalue weighted by atomic mass is 31.2. The standard InChI is InChI=1S/C5H13O5P/c1-3(2)4(6)5(7)11(8,9)10/h3-7H,1-2H3,(H2,8,9,10). The lowest BCUT2D eigenvalue weighted by Gasteiger charge is -2.21. The van der Waals surface area contributed by atoms with Crippen molar-refractivity contribution in [1.82, 2.24) is 0 Å². The summed E-state index contributed by atoms with van der Waals surface area (Å²) in [5.74, 6) is -2.35. The molecule has 0 amide bonds. The molecule has 5 nitrogen and oxygen atoms in total. The molecule has 0 aromatic carbocycles. The van der Waals surface area contributed by atoms with E-state index in [1.54, 1.807) is 13.8 Å². The van der Waals surface area contributed by atoms with Gasteiger partial charge in [-0.05, 0) is 5.92 Å². The topological polar surface area (TPSA) is 98.0 Å². The molecule has 0 heterocycles. The Balaban J connectivity index is 4.26. The second kappa shape index (κ2) is 3.65. The number of hydrogen-bond acceptors (Lipinski definition) is 3. The van der Waals surface area contributed by atoms with Crippen LogP contribution in [0.5, 0.6) is 0 Å². The molecule has 0 aromatic rings. The van der Waals surface area contributed by atoms with E-state index in [-0.39, 0.29) is 5.92 Å². The van der Waals surface area contributed by atoms with E-state index in [4.69, 9.17) is 20.0 Å². The average molecular weight is 184 g/mol. The van der Waals surface area contributed by atoms with Crippen molar-refractivity contribution in [3.63, 3.8) is 0 Å². The fraction of sp³-hybridized carbons (Fsp3) is 1.00. The molecule has 0 saturated heterocycles. The first-order chi connectivity index (χ1) is 4.76. The Kier molecular flexibility index (Phi) is 3.67. The molecule has 0 radical (unpaired) electrons. The molecule has 68 valence electrons. The van der Waals surface area contributed by atoms with Gasteiger partial charge in [-0.25, -0.2) is 0 Å². The number of hydrogen-bond donors (Lipinski definition) is 4. The third-order valence-electron chi connectivity index (χ3n) is 1.33. The van der Waals surface area contributed by atoms with Crippen molar-refractivity contribution < 1.29 is 24.6 Å². The molecule has 0 rings (SSSR count). The molecule has 2 atom stereocenters. The Morgan fingerprint density at radius 2 is 1.55 bits per heavy atom. The van der Waals surface area contributed by atoms with Crippen molar-refractivity contribution in [2.24, 2.45) is 5.92 Å². The maximum Gasteiger partial charge on any atom is 0.356 e. The van der Waals surface area contributed by atoms with Crippen LogP contribution in [0.3, 0.4) is 0 Å². The zero-order valence-corrected chi connectivity index (χ0v) is 7.27. The summed E-state index contributed by atoms with van der Waals surface area (Å²) in [6, 6.07) is 0. The van der Waals surface area contributed by atoms with Crippen LogP contribution in [0.15, 0.2) is 0 Å². The van der Waals surface area contributed by atoms with Crippen molar-refractivity contribution >= 4 is 7.60 Å². The SMILES string of the molecule is CC(C)C(O)C(O)P(=O)(O)O. The van der Waals surface area contributed by atoms with Gasteiger partial charge in [0, 0.05) is 0 Å². The van der Waals surface area contributed by atoms with Crippen molar-refractivity contribution in [3.05, 3.63) is 0 Å². The van der Waals surface area contributed by atoms with Crippen LogP contribution in [0.25, 0.3) is 0 Å². The van der Waals surface area contributed by atoms with Crippen molar-refractivity contribution in [3.8, 4) is 0 Å². The van der Waals surface area contributed by atoms with E-state index < -0.39 is 19.5 Å². The quantitative estimate of drug-likeness (QED) is 0.443. The predicted molar refractivity (Wildman–Crippen MR) is 38.9 cm³/mol. The third-order valence-corrected chi connectivity index (χ3v) is 2.33. The minimum Gasteiger partial charge on any atom is -0.389 e. The van der Waals surface area contributed by atoms with Crippen molar-refractivity contribution in [2.45, 2.75) is 25.8 Å². The first-order valence-electron chi connectivity index (χ1n) is 3.18. The van der Waals surface area contributed by atoms with E-state index in [1.807, 2.05) is 0 Å². The van der Waals surface area contributed by atoms with E-state index >= 15 is 0 Å². The van der Waals surface area contributed by atoms with Gasteiger partial charge in [-0.2, -0.15) is 0 Å². The van der Waals surface area contributed by atoms with Gasteiger partial charge in [-0.3, -0.25) is 4.57 Å². The zero-order chi connectivity index (χ0) is 9.23. The van der Waals surface area contributed by atoms with Crippen molar-refractivity contribution in [1.29, 1.82) is 0 Å². The van der Waals surface area contributed by atoms with Crippen molar-refractivity contribution in [2.75, 3.05) is 0 Å². The zero-order valence-electron chi connectivity index (χ0n) is 6.38. The summed E-state index contributed by atoms with van der Waals surface area (Å²) >= 11 is 0. The lowest BCUT2D eigenvalue weighted by Crippen LogP contribution is -2.30. The van der Waals surface area contributed by atoms with E-state index in [0.29, 0.717) is 0 Å². The Morgan fingerprint density at radius 1 is 1.18 bits per heavy atom. The first kappa shape index (κ1) is 11.1. The van der Waals surface area contributed by atoms with E-state index in [9.17, 15) is 4.57 Å². The minimum absolute atomic E-state index is 0.377. The maximum atomic E-state index is 10.4. The molecule has 11 heavy (non-hydrogen) atoms. The Bertz CT molecular complexity index is 162. The maximum absolute atomic E-state index is 10.4. The lowest BCUT2D eigenvalue weighted by molar-refractivity contribution is 0.0222. The van der Waals surface area contributed by atoms with Gasteiger partial charge in [-0.1, -0.05) is 13.8 Å². The molecular weight excluding hydrogens is 171 g/mol. The van der Waals surface area contributed by atoms with Crippen LogP contribution in [-0.4, -0.2) is 31.9 Å². The molecule has 0 saturated carbocycles. The second-order valence-electron chi connectivity index (χ2n) is 2.74. The number of aliphatic hydroxyl groups is 2. The monoisotopic (exact) mass is 184 g/mol. The Hall–Kier alpha value is 0.0700. The molecule has 2 unspecified atom stereocenters. The van der Waals surface area contributed by atoms with E-state index in [2.05, 4.69) is 0 Å². The Morgan fingerprint density at radius 3 is 1.64 bits per heavy atom. The first-order valence-corrected chi connectivity index (χ1v) is 4.86. The van der Waals surface area contributed by atoms with Gasteiger partial charge in [0.2, 0.25) is 0 Å². The van der Waals surface area contributed by atoms with Gasteiger partial charge in [0.1, 0.15) is 0 Å². The summed E-state index contributed by atoms with van der Waals surface area (Å²) in [7, 11) is -4.56. The normalized spacial score (nSPS) is 18.5. The van der Waals surface area contributed by atoms with Gasteiger partial charge >= 0.3 is 7.60 Å². The molecule has 4 N–H and O–H groups in total. The summed E-state index contributed by atoms with van der Waals surface area (Å²) in [4.78, 5) is 16.8. The van der Waals surface area contributed by atoms with Crippen LogP contribution in [0.2, 0.25) is 0 Å². The van der Waals surface area contributed by atoms with Gasteiger partial charge in [0.15, 0.2) is 5.85 Å². The van der Waals surface area contributed by atoms with Gasteiger partial charge < -0.3 is 20.0 Å². The molecule has 0 spiro atoms. The van der Waals surface area contributed by atoms with Gasteiger partial charge in [-0.15, -0.1) is 0 Å². The summed E-state index contributed by atoms with van der Waals surface area (Å²) in [6.45, 7) is 3.12. The van der Waals surface area contributed by atoms with Gasteiger partial charge in [0.25, 0.3) is 0 Å². The molecule has 0 aromatic heterocycles. The third kappa shape index (κ3) is 3.31. The predicted octanol–water partition coefficient (Wildman–Crippen LogP) is -0.501. The van der Waals surface area contributed by atoms with Crippen LogP contribution in [0.4, 0.5) is 0 Å². The molecular formula is C5H13O5P. The molecule has 0 bridgehead atoms. The second-order valence-corrected chi connectivity index (χ2v) is 4.44. The number of rotatable bonds is 3. The molecule has 0 aliphatic carbocycles. The fourth-order valence-electron chi connectivity index (χ4n) is 0.543. The molecule has 0 fully saturated rings. The highest BCUT2D eigenvalue weighted by molar-refractivity contribution is 7.52. The average Bonchev–Trinajstić information content (AvgIpc) is 1.82. The van der Waals surface area contributed by atoms with Gasteiger partial charge in [0.05, 0.1) is 6.10 Å². The smallest absolute Gasteiger partial charge is 0.356 e. The van der Waals surface area contributed by atoms with Crippen LogP contribution in [0, 0.1) is 5.92 Å². The minimum atomic E-state index is -4.56. The molecule has 0 aliphatic rings. The fourth-order valence-corrected chi connectivity index (χ4v) is 1.29. The highest BCUT2D eigenvalue weighted by Crippen LogP contribution is 2.42. The van der Waals surface area contributed by atoms with Crippen LogP contribution >= 0.6 is 7.60 Å². The van der Waals surface area contributed by atoms with Crippen LogP contribution in [0.1, 0.15) is 13.8 Å². The summed E-state index contributed by atoms with van der Waals surface area (Å²) in [5.41, 5.74) is 0. The number of aliphatic hydroxyl groups excluding tert-OH is 2. The highest BCUT2D eigenvalue weighted by Gasteiger charge is 2.34. The van der Waals surface area contributed by atoms with Crippen LogP contribution in [-0.2, 0) is 4.57 Å².